The zero-order valence-electron chi connectivity index (χ0n) is 10.8. The van der Waals surface area contributed by atoms with Gasteiger partial charge in [-0.2, -0.15) is 5.10 Å². The van der Waals surface area contributed by atoms with Crippen LogP contribution < -0.4 is 10.5 Å². The molecule has 0 bridgehead atoms. The molecule has 4 nitrogen and oxygen atoms in total. The van der Waals surface area contributed by atoms with E-state index in [2.05, 4.69) is 5.10 Å². The lowest BCUT2D eigenvalue weighted by molar-refractivity contribution is 0.425. The van der Waals surface area contributed by atoms with E-state index in [0.29, 0.717) is 24.6 Å². The summed E-state index contributed by atoms with van der Waals surface area (Å²) in [5.74, 6) is 0.593. The Morgan fingerprint density at radius 3 is 2.84 bits per heavy atom. The van der Waals surface area contributed by atoms with Gasteiger partial charge >= 0.3 is 0 Å². The molecule has 0 fully saturated rings. The normalized spacial score (nSPS) is 10.8. The maximum absolute atomic E-state index is 13.1. The highest BCUT2D eigenvalue weighted by Crippen LogP contribution is 2.29. The van der Waals surface area contributed by atoms with Gasteiger partial charge in [-0.3, -0.25) is 0 Å². The van der Waals surface area contributed by atoms with E-state index in [0.717, 1.165) is 11.3 Å². The van der Waals surface area contributed by atoms with E-state index in [1.54, 1.807) is 11.7 Å². The summed E-state index contributed by atoms with van der Waals surface area (Å²) in [6.45, 7) is 2.41. The summed E-state index contributed by atoms with van der Waals surface area (Å²) < 4.78 is 20.5. The topological polar surface area (TPSA) is 53.1 Å². The van der Waals surface area contributed by atoms with Crippen LogP contribution >= 0.6 is 11.6 Å². The Labute approximate surface area is 115 Å². The Hall–Kier alpha value is -1.59. The molecule has 0 aliphatic heterocycles. The van der Waals surface area contributed by atoms with Crippen LogP contribution in [0.2, 0.25) is 5.02 Å². The maximum Gasteiger partial charge on any atom is 0.221 e. The van der Waals surface area contributed by atoms with Crippen molar-refractivity contribution in [2.45, 2.75) is 13.3 Å². The summed E-state index contributed by atoms with van der Waals surface area (Å²) in [6.07, 6.45) is 0.671. The smallest absolute Gasteiger partial charge is 0.221 e. The van der Waals surface area contributed by atoms with Crippen molar-refractivity contribution in [2.24, 2.45) is 12.8 Å². The molecular weight excluding hydrogens is 269 g/mol. The van der Waals surface area contributed by atoms with Gasteiger partial charge in [0.1, 0.15) is 11.6 Å². The second-order valence-electron chi connectivity index (χ2n) is 4.21. The molecule has 2 rings (SSSR count). The molecule has 0 radical (unpaired) electrons. The summed E-state index contributed by atoms with van der Waals surface area (Å²) in [5.41, 5.74) is 7.40. The van der Waals surface area contributed by atoms with Crippen LogP contribution in [0.1, 0.15) is 11.3 Å². The Bertz CT molecular complexity index is 598. The Morgan fingerprint density at radius 1 is 1.47 bits per heavy atom. The summed E-state index contributed by atoms with van der Waals surface area (Å²) in [5, 5.41) is 4.32. The predicted molar refractivity (Wildman–Crippen MR) is 72.2 cm³/mol. The van der Waals surface area contributed by atoms with Gasteiger partial charge in [0.2, 0.25) is 5.88 Å². The maximum atomic E-state index is 13.1. The molecule has 0 saturated carbocycles. The third-order valence-corrected chi connectivity index (χ3v) is 3.08. The van der Waals surface area contributed by atoms with Crippen molar-refractivity contribution in [3.05, 3.63) is 40.3 Å². The van der Waals surface area contributed by atoms with Crippen LogP contribution in [0.15, 0.2) is 18.2 Å². The zero-order chi connectivity index (χ0) is 14.0. The van der Waals surface area contributed by atoms with Gasteiger partial charge in [0.25, 0.3) is 0 Å². The number of hydrogen-bond acceptors (Lipinski definition) is 3. The highest BCUT2D eigenvalue weighted by Gasteiger charge is 2.15. The van der Waals surface area contributed by atoms with E-state index in [9.17, 15) is 4.39 Å². The van der Waals surface area contributed by atoms with Crippen LogP contribution in [0.4, 0.5) is 4.39 Å². The highest BCUT2D eigenvalue weighted by atomic mass is 35.5. The first kappa shape index (κ1) is 13.8. The van der Waals surface area contributed by atoms with E-state index < -0.39 is 5.82 Å². The summed E-state index contributed by atoms with van der Waals surface area (Å²) in [4.78, 5) is 0. The van der Waals surface area contributed by atoms with Crippen LogP contribution in [0.3, 0.4) is 0 Å². The van der Waals surface area contributed by atoms with Crippen molar-refractivity contribution >= 4 is 11.6 Å². The van der Waals surface area contributed by atoms with E-state index in [4.69, 9.17) is 22.1 Å². The lowest BCUT2D eigenvalue weighted by Gasteiger charge is -2.09. The first-order valence-corrected chi connectivity index (χ1v) is 6.26. The number of nitrogens with two attached hydrogens (primary N) is 1. The molecule has 19 heavy (non-hydrogen) atoms. The summed E-state index contributed by atoms with van der Waals surface area (Å²) in [7, 11) is 1.79. The van der Waals surface area contributed by atoms with Crippen molar-refractivity contribution in [2.75, 3.05) is 6.54 Å². The van der Waals surface area contributed by atoms with Gasteiger partial charge in [-0.1, -0.05) is 11.6 Å². The number of hydrogen-bond donors (Lipinski definition) is 1. The molecule has 0 amide bonds. The fourth-order valence-corrected chi connectivity index (χ4v) is 2.06. The summed E-state index contributed by atoms with van der Waals surface area (Å²) >= 11 is 5.73. The average molecular weight is 284 g/mol. The van der Waals surface area contributed by atoms with Crippen LogP contribution in [0.5, 0.6) is 11.6 Å². The van der Waals surface area contributed by atoms with Crippen LogP contribution in [0, 0.1) is 12.7 Å². The SMILES string of the molecule is Cc1nn(C)c(Oc2ccc(F)c(Cl)c2)c1CCN. The van der Waals surface area contributed by atoms with Crippen molar-refractivity contribution < 1.29 is 9.13 Å². The number of nitrogens with zero attached hydrogens (tertiary/aromatic N) is 2. The molecule has 0 unspecified atom stereocenters. The molecule has 1 aromatic carbocycles. The van der Waals surface area contributed by atoms with E-state index in [-0.39, 0.29) is 5.02 Å². The predicted octanol–water partition coefficient (Wildman–Crippen LogP) is 2.81. The zero-order valence-corrected chi connectivity index (χ0v) is 11.5. The lowest BCUT2D eigenvalue weighted by Crippen LogP contribution is -2.05. The first-order valence-electron chi connectivity index (χ1n) is 5.88. The van der Waals surface area contributed by atoms with Gasteiger partial charge in [-0.15, -0.1) is 0 Å². The lowest BCUT2D eigenvalue weighted by atomic mass is 10.2. The third-order valence-electron chi connectivity index (χ3n) is 2.79. The third kappa shape index (κ3) is 2.88. The van der Waals surface area contributed by atoms with Crippen LogP contribution in [-0.2, 0) is 13.5 Å². The Kier molecular flexibility index (Phi) is 4.07. The average Bonchev–Trinajstić information content (AvgIpc) is 2.61. The van der Waals surface area contributed by atoms with Gasteiger partial charge in [-0.05, 0) is 32.0 Å². The number of aryl methyl sites for hydroxylation is 2. The number of ether oxygens (including phenoxy) is 1. The van der Waals surface area contributed by atoms with Gasteiger partial charge in [-0.25, -0.2) is 9.07 Å². The number of aromatic nitrogens is 2. The van der Waals surface area contributed by atoms with Crippen LogP contribution in [-0.4, -0.2) is 16.3 Å². The molecule has 0 atom stereocenters. The monoisotopic (exact) mass is 283 g/mol. The van der Waals surface area contributed by atoms with Gasteiger partial charge in [0.15, 0.2) is 0 Å². The molecule has 1 heterocycles. The van der Waals surface area contributed by atoms with Crippen molar-refractivity contribution in [3.63, 3.8) is 0 Å². The fraction of sp³-hybridized carbons (Fsp3) is 0.308. The number of rotatable bonds is 4. The number of benzene rings is 1. The Morgan fingerprint density at radius 2 is 2.21 bits per heavy atom. The molecule has 0 saturated heterocycles. The second kappa shape index (κ2) is 5.59. The second-order valence-corrected chi connectivity index (χ2v) is 4.62. The van der Waals surface area contributed by atoms with Crippen molar-refractivity contribution in [3.8, 4) is 11.6 Å². The minimum Gasteiger partial charge on any atom is -0.439 e. The summed E-state index contributed by atoms with van der Waals surface area (Å²) in [6, 6.07) is 4.23. The largest absolute Gasteiger partial charge is 0.439 e. The van der Waals surface area contributed by atoms with Crippen LogP contribution in [0.25, 0.3) is 0 Å². The molecule has 102 valence electrons. The molecule has 0 aliphatic rings. The fourth-order valence-electron chi connectivity index (χ4n) is 1.89. The van der Waals surface area contributed by atoms with E-state index >= 15 is 0 Å². The van der Waals surface area contributed by atoms with E-state index in [1.165, 1.54) is 18.2 Å². The minimum absolute atomic E-state index is 0.0248. The highest BCUT2D eigenvalue weighted by molar-refractivity contribution is 6.30. The molecule has 2 aromatic rings. The molecule has 2 N–H and O–H groups in total. The van der Waals surface area contributed by atoms with Crippen molar-refractivity contribution in [1.82, 2.24) is 9.78 Å². The number of halogens is 2. The van der Waals surface area contributed by atoms with Gasteiger partial charge in [0.05, 0.1) is 10.7 Å². The first-order chi connectivity index (χ1) is 9.02. The van der Waals surface area contributed by atoms with Gasteiger partial charge < -0.3 is 10.5 Å². The molecular formula is C13H15ClFN3O. The molecule has 0 aliphatic carbocycles. The molecule has 6 heteroatoms. The molecule has 1 aromatic heterocycles. The van der Waals surface area contributed by atoms with Crippen molar-refractivity contribution in [1.29, 1.82) is 0 Å². The molecule has 0 spiro atoms. The van der Waals surface area contributed by atoms with E-state index in [1.807, 2.05) is 6.92 Å². The Balaban J connectivity index is 2.34. The van der Waals surface area contributed by atoms with Gasteiger partial charge in [0, 0.05) is 18.7 Å². The standard InChI is InChI=1S/C13H15ClFN3O/c1-8-10(5-6-16)13(18(2)17-8)19-9-3-4-12(15)11(14)7-9/h3-4,7H,5-6,16H2,1-2H3. The quantitative estimate of drug-likeness (QED) is 0.939. The minimum atomic E-state index is -0.475.